The molecule has 3 nitrogen and oxygen atoms in total. The third-order valence-electron chi connectivity index (χ3n) is 4.98. The largest absolute Gasteiger partial charge is 0.399 e. The van der Waals surface area contributed by atoms with Crippen LogP contribution in [0.25, 0.3) is 0 Å². The normalized spacial score (nSPS) is 19.9. The first-order chi connectivity index (χ1) is 11.2. The number of anilines is 1. The monoisotopic (exact) mass is 306 g/mol. The molecular weight excluding hydrogens is 284 g/mol. The van der Waals surface area contributed by atoms with E-state index in [9.17, 15) is 4.79 Å². The van der Waals surface area contributed by atoms with Gasteiger partial charge in [-0.3, -0.25) is 4.79 Å². The minimum absolute atomic E-state index is 0.126. The third kappa shape index (κ3) is 2.72. The van der Waals surface area contributed by atoms with E-state index in [2.05, 4.69) is 29.2 Å². The van der Waals surface area contributed by atoms with Crippen molar-refractivity contribution in [2.75, 3.05) is 5.73 Å². The zero-order valence-electron chi connectivity index (χ0n) is 13.2. The summed E-state index contributed by atoms with van der Waals surface area (Å²) in [5.74, 6) is 0.126. The van der Waals surface area contributed by atoms with Gasteiger partial charge in [0.1, 0.15) is 0 Å². The van der Waals surface area contributed by atoms with E-state index in [0.717, 1.165) is 32.1 Å². The molecule has 2 aliphatic carbocycles. The predicted octanol–water partition coefficient (Wildman–Crippen LogP) is 3.95. The molecule has 0 bridgehead atoms. The molecule has 0 radical (unpaired) electrons. The van der Waals surface area contributed by atoms with Gasteiger partial charge in [0.15, 0.2) is 0 Å². The fourth-order valence-electron chi connectivity index (χ4n) is 3.75. The van der Waals surface area contributed by atoms with Crippen molar-refractivity contribution in [3.63, 3.8) is 0 Å². The Hall–Kier alpha value is -2.29. The van der Waals surface area contributed by atoms with E-state index in [1.54, 1.807) is 6.07 Å². The van der Waals surface area contributed by atoms with Gasteiger partial charge in [-0.1, -0.05) is 30.3 Å². The number of benzene rings is 2. The first-order valence-electron chi connectivity index (χ1n) is 8.50. The van der Waals surface area contributed by atoms with Crippen LogP contribution in [0.2, 0.25) is 0 Å². The van der Waals surface area contributed by atoms with Crippen LogP contribution in [0.3, 0.4) is 0 Å². The van der Waals surface area contributed by atoms with Gasteiger partial charge in [-0.05, 0) is 61.4 Å². The van der Waals surface area contributed by atoms with Crippen LogP contribution in [0.5, 0.6) is 0 Å². The molecule has 0 saturated heterocycles. The van der Waals surface area contributed by atoms with Gasteiger partial charge in [0.2, 0.25) is 0 Å². The highest BCUT2D eigenvalue weighted by atomic mass is 16.2. The average Bonchev–Trinajstić information content (AvgIpc) is 3.40. The van der Waals surface area contributed by atoms with E-state index < -0.39 is 0 Å². The molecule has 1 amide bonds. The number of nitrogens with zero attached hydrogens (tertiary/aromatic N) is 1. The molecule has 0 aromatic heterocycles. The number of aryl methyl sites for hydroxylation is 1. The maximum Gasteiger partial charge on any atom is 0.254 e. The molecule has 0 aliphatic heterocycles. The molecule has 1 fully saturated rings. The van der Waals surface area contributed by atoms with Gasteiger partial charge in [0.05, 0.1) is 6.04 Å². The second-order valence-electron chi connectivity index (χ2n) is 6.68. The lowest BCUT2D eigenvalue weighted by atomic mass is 9.86. The Morgan fingerprint density at radius 1 is 1.04 bits per heavy atom. The minimum Gasteiger partial charge on any atom is -0.399 e. The van der Waals surface area contributed by atoms with Gasteiger partial charge >= 0.3 is 0 Å². The molecule has 0 spiro atoms. The fourth-order valence-corrected chi connectivity index (χ4v) is 3.75. The lowest BCUT2D eigenvalue weighted by Crippen LogP contribution is -2.38. The van der Waals surface area contributed by atoms with Crippen molar-refractivity contribution in [2.24, 2.45) is 0 Å². The maximum absolute atomic E-state index is 13.2. The van der Waals surface area contributed by atoms with Crippen LogP contribution in [0.1, 0.15) is 53.2 Å². The second-order valence-corrected chi connectivity index (χ2v) is 6.68. The van der Waals surface area contributed by atoms with E-state index in [1.807, 2.05) is 18.2 Å². The molecule has 1 unspecified atom stereocenters. The molecule has 2 N–H and O–H groups in total. The Morgan fingerprint density at radius 2 is 1.87 bits per heavy atom. The lowest BCUT2D eigenvalue weighted by molar-refractivity contribution is 0.0638. The smallest absolute Gasteiger partial charge is 0.254 e. The summed E-state index contributed by atoms with van der Waals surface area (Å²) in [5.41, 5.74) is 9.96. The maximum atomic E-state index is 13.2. The highest BCUT2D eigenvalue weighted by Gasteiger charge is 2.39. The Bertz CT molecular complexity index is 736. The van der Waals surface area contributed by atoms with Crippen LogP contribution in [-0.4, -0.2) is 16.8 Å². The summed E-state index contributed by atoms with van der Waals surface area (Å²) in [6.45, 7) is 0. The molecule has 0 heterocycles. The minimum atomic E-state index is 0.126. The summed E-state index contributed by atoms with van der Waals surface area (Å²) in [7, 11) is 0. The van der Waals surface area contributed by atoms with E-state index in [4.69, 9.17) is 5.73 Å². The molecule has 3 heteroatoms. The standard InChI is InChI=1S/C20H22N2O/c21-16-8-3-7-15(13-16)20(23)22(17-11-12-17)19-10-4-6-14-5-1-2-9-18(14)19/h1-3,5,7-9,13,17,19H,4,6,10-12,21H2. The predicted molar refractivity (Wildman–Crippen MR) is 92.2 cm³/mol. The van der Waals surface area contributed by atoms with Crippen molar-refractivity contribution < 1.29 is 4.79 Å². The number of fused-ring (bicyclic) bond motifs is 1. The average molecular weight is 306 g/mol. The highest BCUT2D eigenvalue weighted by molar-refractivity contribution is 5.95. The van der Waals surface area contributed by atoms with Crippen LogP contribution in [0, 0.1) is 0 Å². The summed E-state index contributed by atoms with van der Waals surface area (Å²) in [6, 6.07) is 16.6. The van der Waals surface area contributed by atoms with Crippen molar-refractivity contribution in [3.8, 4) is 0 Å². The number of amides is 1. The topological polar surface area (TPSA) is 46.3 Å². The number of nitrogens with two attached hydrogens (primary N) is 1. The van der Waals surface area contributed by atoms with E-state index in [1.165, 1.54) is 11.1 Å². The number of nitrogen functional groups attached to an aromatic ring is 1. The zero-order chi connectivity index (χ0) is 15.8. The van der Waals surface area contributed by atoms with Crippen molar-refractivity contribution >= 4 is 11.6 Å². The van der Waals surface area contributed by atoms with E-state index in [0.29, 0.717) is 17.3 Å². The van der Waals surface area contributed by atoms with Gasteiger partial charge in [-0.25, -0.2) is 0 Å². The summed E-state index contributed by atoms with van der Waals surface area (Å²) in [5, 5.41) is 0. The van der Waals surface area contributed by atoms with Gasteiger partial charge in [-0.2, -0.15) is 0 Å². The summed E-state index contributed by atoms with van der Waals surface area (Å²) in [6.07, 6.45) is 5.56. The van der Waals surface area contributed by atoms with E-state index in [-0.39, 0.29) is 11.9 Å². The van der Waals surface area contributed by atoms with Crippen molar-refractivity contribution in [1.82, 2.24) is 4.90 Å². The number of hydrogen-bond donors (Lipinski definition) is 1. The summed E-state index contributed by atoms with van der Waals surface area (Å²) in [4.78, 5) is 15.3. The van der Waals surface area contributed by atoms with Crippen LogP contribution in [0.15, 0.2) is 48.5 Å². The molecule has 1 atom stereocenters. The van der Waals surface area contributed by atoms with E-state index >= 15 is 0 Å². The van der Waals surface area contributed by atoms with Crippen LogP contribution in [0.4, 0.5) is 5.69 Å². The van der Waals surface area contributed by atoms with Crippen LogP contribution < -0.4 is 5.73 Å². The second kappa shape index (κ2) is 5.73. The van der Waals surface area contributed by atoms with Crippen molar-refractivity contribution in [2.45, 2.75) is 44.2 Å². The lowest BCUT2D eigenvalue weighted by Gasteiger charge is -2.36. The quantitative estimate of drug-likeness (QED) is 0.873. The van der Waals surface area contributed by atoms with Gasteiger partial charge in [0.25, 0.3) is 5.91 Å². The van der Waals surface area contributed by atoms with Crippen LogP contribution in [-0.2, 0) is 6.42 Å². The Morgan fingerprint density at radius 3 is 2.65 bits per heavy atom. The van der Waals surface area contributed by atoms with Crippen molar-refractivity contribution in [3.05, 3.63) is 65.2 Å². The molecule has 4 rings (SSSR count). The Balaban J connectivity index is 1.71. The van der Waals surface area contributed by atoms with Gasteiger partial charge in [0, 0.05) is 17.3 Å². The SMILES string of the molecule is Nc1cccc(C(=O)N(C2CC2)C2CCCc3ccccc32)c1. The van der Waals surface area contributed by atoms with Gasteiger partial charge in [-0.15, -0.1) is 0 Å². The van der Waals surface area contributed by atoms with Crippen molar-refractivity contribution in [1.29, 1.82) is 0 Å². The van der Waals surface area contributed by atoms with Crippen LogP contribution >= 0.6 is 0 Å². The van der Waals surface area contributed by atoms with Gasteiger partial charge < -0.3 is 10.6 Å². The number of rotatable bonds is 3. The fraction of sp³-hybridized carbons (Fsp3) is 0.350. The number of carbonyl (C=O) groups is 1. The molecule has 2 aromatic carbocycles. The summed E-state index contributed by atoms with van der Waals surface area (Å²) < 4.78 is 0. The molecular formula is C20H22N2O. The first-order valence-corrected chi connectivity index (χ1v) is 8.50. The molecule has 2 aliphatic rings. The zero-order valence-corrected chi connectivity index (χ0v) is 13.2. The molecule has 118 valence electrons. The molecule has 23 heavy (non-hydrogen) atoms. The third-order valence-corrected chi connectivity index (χ3v) is 4.98. The summed E-state index contributed by atoms with van der Waals surface area (Å²) >= 11 is 0. The highest BCUT2D eigenvalue weighted by Crippen LogP contribution is 2.41. The Kier molecular flexibility index (Phi) is 3.56. The first kappa shape index (κ1) is 14.3. The number of hydrogen-bond acceptors (Lipinski definition) is 2. The Labute approximate surface area is 137 Å². The molecule has 1 saturated carbocycles. The number of carbonyl (C=O) groups excluding carboxylic acids is 1. The molecule has 2 aromatic rings.